The summed E-state index contributed by atoms with van der Waals surface area (Å²) in [4.78, 5) is 41.7. The van der Waals surface area contributed by atoms with Gasteiger partial charge in [0.15, 0.2) is 6.29 Å². The number of hydroxylamine groups is 1. The van der Waals surface area contributed by atoms with Crippen LogP contribution in [0.1, 0.15) is 66.0 Å². The van der Waals surface area contributed by atoms with Crippen LogP contribution in [0.5, 0.6) is 0 Å². The predicted octanol–water partition coefficient (Wildman–Crippen LogP) is 6.05. The molecule has 1 aliphatic carbocycles. The average molecular weight is 630 g/mol. The van der Waals surface area contributed by atoms with Gasteiger partial charge in [-0.3, -0.25) is 9.59 Å². The van der Waals surface area contributed by atoms with Crippen molar-refractivity contribution in [3.8, 4) is 0 Å². The SMILES string of the molecule is O=C(/C=C/c1ccc2c(c1)CCC2NC(=O)OCCC(=O)Nc1cc(C(F)(F)F)cc(C(F)(F)F)c1)NOC1CCCCO1. The number of rotatable bonds is 9. The lowest BCUT2D eigenvalue weighted by molar-refractivity contribution is -0.198. The first-order chi connectivity index (χ1) is 20.8. The highest BCUT2D eigenvalue weighted by Gasteiger charge is 2.37. The molecular formula is C29H29F6N3O6. The Kier molecular flexibility index (Phi) is 10.5. The number of alkyl carbamates (subject to hydrolysis) is 1. The van der Waals surface area contributed by atoms with Crippen LogP contribution < -0.4 is 16.1 Å². The quantitative estimate of drug-likeness (QED) is 0.177. The van der Waals surface area contributed by atoms with Crippen molar-refractivity contribution >= 4 is 29.7 Å². The highest BCUT2D eigenvalue weighted by Crippen LogP contribution is 2.37. The van der Waals surface area contributed by atoms with Gasteiger partial charge in [-0.2, -0.15) is 26.3 Å². The largest absolute Gasteiger partial charge is 0.449 e. The molecule has 9 nitrogen and oxygen atoms in total. The molecule has 238 valence electrons. The number of halogens is 6. The molecule has 1 aliphatic heterocycles. The number of hydrogen-bond acceptors (Lipinski definition) is 6. The molecule has 44 heavy (non-hydrogen) atoms. The first kappa shape index (κ1) is 32.8. The number of alkyl halides is 6. The van der Waals surface area contributed by atoms with Crippen LogP contribution in [0.2, 0.25) is 0 Å². The number of benzene rings is 2. The van der Waals surface area contributed by atoms with Crippen LogP contribution in [0.4, 0.5) is 36.8 Å². The van der Waals surface area contributed by atoms with Gasteiger partial charge >= 0.3 is 18.4 Å². The van der Waals surface area contributed by atoms with Crippen molar-refractivity contribution in [1.29, 1.82) is 0 Å². The van der Waals surface area contributed by atoms with Gasteiger partial charge in [0, 0.05) is 24.8 Å². The van der Waals surface area contributed by atoms with E-state index in [9.17, 15) is 40.7 Å². The summed E-state index contributed by atoms with van der Waals surface area (Å²) >= 11 is 0. The summed E-state index contributed by atoms with van der Waals surface area (Å²) in [5.74, 6) is -1.39. The Balaban J connectivity index is 1.22. The van der Waals surface area contributed by atoms with E-state index < -0.39 is 66.4 Å². The van der Waals surface area contributed by atoms with Crippen LogP contribution in [-0.4, -0.2) is 37.4 Å². The fourth-order valence-electron chi connectivity index (χ4n) is 4.70. The van der Waals surface area contributed by atoms with Gasteiger partial charge in [-0.25, -0.2) is 15.1 Å². The summed E-state index contributed by atoms with van der Waals surface area (Å²) in [7, 11) is 0. The number of carbonyl (C=O) groups is 3. The second-order valence-corrected chi connectivity index (χ2v) is 10.1. The lowest BCUT2D eigenvalue weighted by Gasteiger charge is -2.21. The number of anilines is 1. The van der Waals surface area contributed by atoms with E-state index in [1.165, 1.54) is 6.08 Å². The molecule has 0 aromatic heterocycles. The van der Waals surface area contributed by atoms with Gasteiger partial charge in [-0.15, -0.1) is 0 Å². The summed E-state index contributed by atoms with van der Waals surface area (Å²) in [6.45, 7) is 0.116. The summed E-state index contributed by atoms with van der Waals surface area (Å²) in [6.07, 6.45) is -5.19. The molecule has 1 fully saturated rings. The van der Waals surface area contributed by atoms with Crippen molar-refractivity contribution in [2.75, 3.05) is 18.5 Å². The maximum atomic E-state index is 13.0. The molecule has 1 saturated heterocycles. The third-order valence-electron chi connectivity index (χ3n) is 6.83. The van der Waals surface area contributed by atoms with E-state index in [1.54, 1.807) is 18.2 Å². The number of aryl methyl sites for hydroxylation is 1. The van der Waals surface area contributed by atoms with Crippen molar-refractivity contribution in [3.05, 3.63) is 70.3 Å². The molecule has 3 N–H and O–H groups in total. The normalized spacial score (nSPS) is 18.5. The van der Waals surface area contributed by atoms with E-state index in [4.69, 9.17) is 14.3 Å². The van der Waals surface area contributed by atoms with Gasteiger partial charge in [0.05, 0.1) is 23.6 Å². The standard InChI is InChI=1S/C29H29F6N3O6/c30-28(31,32)19-14-20(29(33,34)35)16-21(15-19)36-24(39)10-12-43-27(41)37-23-8-6-18-13-17(4-7-22(18)23)5-9-25(40)38-44-26-3-1-2-11-42-26/h4-5,7,9,13-16,23,26H,1-3,6,8,10-12H2,(H,36,39)(H,37,41)(H,38,40)/b9-5+. The number of ether oxygens (including phenoxy) is 2. The molecule has 2 unspecified atom stereocenters. The number of nitrogens with one attached hydrogen (secondary N) is 3. The second-order valence-electron chi connectivity index (χ2n) is 10.1. The Hall–Kier alpha value is -4.11. The molecular weight excluding hydrogens is 600 g/mol. The summed E-state index contributed by atoms with van der Waals surface area (Å²) < 4.78 is 88.5. The Bertz CT molecular complexity index is 1360. The van der Waals surface area contributed by atoms with Crippen LogP contribution in [0.15, 0.2) is 42.5 Å². The van der Waals surface area contributed by atoms with Gasteiger partial charge in [0.25, 0.3) is 5.91 Å². The molecule has 2 aliphatic rings. The van der Waals surface area contributed by atoms with Gasteiger partial charge in [-0.05, 0) is 66.6 Å². The molecule has 0 saturated carbocycles. The van der Waals surface area contributed by atoms with Crippen LogP contribution in [0.25, 0.3) is 6.08 Å². The van der Waals surface area contributed by atoms with Crippen LogP contribution in [-0.2, 0) is 42.7 Å². The number of carbonyl (C=O) groups excluding carboxylic acids is 3. The lowest BCUT2D eigenvalue weighted by atomic mass is 10.0. The van der Waals surface area contributed by atoms with Crippen LogP contribution >= 0.6 is 0 Å². The Morgan fingerprint density at radius 1 is 0.955 bits per heavy atom. The van der Waals surface area contributed by atoms with Gasteiger partial charge in [0.2, 0.25) is 5.91 Å². The highest BCUT2D eigenvalue weighted by atomic mass is 19.4. The zero-order valence-corrected chi connectivity index (χ0v) is 23.1. The number of hydrogen-bond donors (Lipinski definition) is 3. The third kappa shape index (κ3) is 9.44. The molecule has 2 aromatic carbocycles. The van der Waals surface area contributed by atoms with E-state index >= 15 is 0 Å². The molecule has 0 bridgehead atoms. The zero-order valence-electron chi connectivity index (χ0n) is 23.1. The van der Waals surface area contributed by atoms with Crippen molar-refractivity contribution in [2.24, 2.45) is 0 Å². The van der Waals surface area contributed by atoms with Gasteiger partial charge in [-0.1, -0.05) is 18.2 Å². The van der Waals surface area contributed by atoms with E-state index in [0.29, 0.717) is 38.0 Å². The Labute approximate surface area is 247 Å². The van der Waals surface area contributed by atoms with Crippen LogP contribution in [0, 0.1) is 0 Å². The molecule has 15 heteroatoms. The third-order valence-corrected chi connectivity index (χ3v) is 6.83. The Morgan fingerprint density at radius 2 is 1.68 bits per heavy atom. The zero-order chi connectivity index (χ0) is 31.9. The van der Waals surface area contributed by atoms with Crippen LogP contribution in [0.3, 0.4) is 0 Å². The minimum atomic E-state index is -5.06. The number of amides is 3. The summed E-state index contributed by atoms with van der Waals surface area (Å²) in [5.41, 5.74) is 1.04. The van der Waals surface area contributed by atoms with Crippen molar-refractivity contribution < 1.29 is 55.0 Å². The van der Waals surface area contributed by atoms with E-state index in [-0.39, 0.29) is 12.1 Å². The van der Waals surface area contributed by atoms with E-state index in [1.807, 2.05) is 11.4 Å². The monoisotopic (exact) mass is 629 g/mol. The molecule has 0 radical (unpaired) electrons. The fraction of sp³-hybridized carbons (Fsp3) is 0.414. The molecule has 3 amide bonds. The predicted molar refractivity (Wildman–Crippen MR) is 144 cm³/mol. The molecule has 2 aromatic rings. The van der Waals surface area contributed by atoms with E-state index in [0.717, 1.165) is 29.5 Å². The maximum absolute atomic E-state index is 13.0. The van der Waals surface area contributed by atoms with Crippen molar-refractivity contribution in [3.63, 3.8) is 0 Å². The first-order valence-corrected chi connectivity index (χ1v) is 13.7. The Morgan fingerprint density at radius 3 is 2.34 bits per heavy atom. The molecule has 0 spiro atoms. The lowest BCUT2D eigenvalue weighted by Crippen LogP contribution is -2.32. The summed E-state index contributed by atoms with van der Waals surface area (Å²) in [6, 6.07) is 5.77. The van der Waals surface area contributed by atoms with Crippen molar-refractivity contribution in [1.82, 2.24) is 10.8 Å². The number of fused-ring (bicyclic) bond motifs is 1. The second kappa shape index (κ2) is 14.1. The highest BCUT2D eigenvalue weighted by molar-refractivity contribution is 5.91. The minimum absolute atomic E-state index is 0.0503. The molecule has 4 rings (SSSR count). The van der Waals surface area contributed by atoms with Gasteiger partial charge in [0.1, 0.15) is 6.61 Å². The average Bonchev–Trinajstić information content (AvgIpc) is 3.36. The van der Waals surface area contributed by atoms with Crippen molar-refractivity contribution in [2.45, 2.75) is 63.2 Å². The fourth-order valence-corrected chi connectivity index (χ4v) is 4.70. The molecule has 2 atom stereocenters. The first-order valence-electron chi connectivity index (χ1n) is 13.7. The topological polar surface area (TPSA) is 115 Å². The summed E-state index contributed by atoms with van der Waals surface area (Å²) in [5, 5.41) is 4.65. The minimum Gasteiger partial charge on any atom is -0.449 e. The smallest absolute Gasteiger partial charge is 0.416 e. The van der Waals surface area contributed by atoms with Gasteiger partial charge < -0.3 is 20.1 Å². The maximum Gasteiger partial charge on any atom is 0.416 e. The van der Waals surface area contributed by atoms with E-state index in [2.05, 4.69) is 10.8 Å². The molecule has 1 heterocycles.